The van der Waals surface area contributed by atoms with Crippen LogP contribution < -0.4 is 10.6 Å². The quantitative estimate of drug-likeness (QED) is 0.731. The third kappa shape index (κ3) is 1.59. The first-order valence-electron chi connectivity index (χ1n) is 4.40. The first-order valence-corrected chi connectivity index (χ1v) is 4.40. The lowest BCUT2D eigenvalue weighted by Crippen LogP contribution is -2.21. The van der Waals surface area contributed by atoms with Gasteiger partial charge in [-0.25, -0.2) is 0 Å². The second-order valence-corrected chi connectivity index (χ2v) is 2.91. The molecule has 0 aromatic carbocycles. The van der Waals surface area contributed by atoms with Crippen LogP contribution in [0.5, 0.6) is 0 Å². The Kier molecular flexibility index (Phi) is 2.18. The van der Waals surface area contributed by atoms with E-state index < -0.39 is 0 Å². The molecule has 1 aromatic heterocycles. The predicted molar refractivity (Wildman–Crippen MR) is 54.3 cm³/mol. The molecular weight excluding hydrogens is 180 g/mol. The van der Waals surface area contributed by atoms with Crippen LogP contribution in [0.2, 0.25) is 0 Å². The van der Waals surface area contributed by atoms with Gasteiger partial charge in [-0.3, -0.25) is 4.68 Å². The van der Waals surface area contributed by atoms with E-state index >= 15 is 0 Å². The van der Waals surface area contributed by atoms with E-state index in [1.165, 1.54) is 6.34 Å². The van der Waals surface area contributed by atoms with Crippen LogP contribution >= 0.6 is 0 Å². The second-order valence-electron chi connectivity index (χ2n) is 2.91. The highest BCUT2D eigenvalue weighted by atomic mass is 15.4. The number of guanidine groups is 1. The van der Waals surface area contributed by atoms with Gasteiger partial charge in [-0.1, -0.05) is 6.92 Å². The molecule has 0 spiro atoms. The fourth-order valence-electron chi connectivity index (χ4n) is 1.18. The van der Waals surface area contributed by atoms with Crippen molar-refractivity contribution in [3.63, 3.8) is 0 Å². The molecule has 14 heavy (non-hydrogen) atoms. The lowest BCUT2D eigenvalue weighted by molar-refractivity contribution is 0.754. The Morgan fingerprint density at radius 2 is 2.36 bits per heavy atom. The summed E-state index contributed by atoms with van der Waals surface area (Å²) in [4.78, 5) is 0. The van der Waals surface area contributed by atoms with E-state index in [1.807, 2.05) is 13.1 Å². The Morgan fingerprint density at radius 1 is 1.50 bits per heavy atom. The van der Waals surface area contributed by atoms with Crippen molar-refractivity contribution in [2.24, 2.45) is 17.3 Å². The predicted octanol–water partition coefficient (Wildman–Crippen LogP) is 0.312. The number of nitrogens with zero attached hydrogens (tertiary/aromatic N) is 5. The molecule has 6 heteroatoms. The molecule has 0 unspecified atom stereocenters. The molecule has 0 fully saturated rings. The third-order valence-electron chi connectivity index (χ3n) is 1.92. The normalized spacial score (nSPS) is 14.0. The van der Waals surface area contributed by atoms with Crippen molar-refractivity contribution < 1.29 is 0 Å². The van der Waals surface area contributed by atoms with Gasteiger partial charge in [0.1, 0.15) is 12.2 Å². The van der Waals surface area contributed by atoms with E-state index in [2.05, 4.69) is 32.9 Å². The van der Waals surface area contributed by atoms with Crippen LogP contribution in [-0.4, -0.2) is 22.1 Å². The summed E-state index contributed by atoms with van der Waals surface area (Å²) < 4.78 is 1.76. The van der Waals surface area contributed by atoms with Crippen LogP contribution in [-0.2, 0) is 13.5 Å². The molecule has 0 aliphatic carbocycles. The monoisotopic (exact) mass is 191 g/mol. The maximum atomic E-state index is 4.29. The smallest absolute Gasteiger partial charge is 0.249 e. The fourth-order valence-corrected chi connectivity index (χ4v) is 1.18. The highest BCUT2D eigenvalue weighted by molar-refractivity contribution is 6.01. The first kappa shape index (κ1) is 8.74. The summed E-state index contributed by atoms with van der Waals surface area (Å²) in [5.41, 5.74) is 1.04. The molecule has 0 bridgehead atoms. The lowest BCUT2D eigenvalue weighted by Gasteiger charge is -2.02. The molecule has 0 amide bonds. The van der Waals surface area contributed by atoms with Gasteiger partial charge in [-0.05, 0) is 6.42 Å². The lowest BCUT2D eigenvalue weighted by atomic mass is 10.3. The number of nitrogens with one attached hydrogen (secondary N) is 1. The molecule has 0 saturated heterocycles. The molecule has 1 aliphatic rings. The molecule has 0 saturated carbocycles. The molecular formula is C8H11N6. The molecule has 2 rings (SSSR count). The summed E-state index contributed by atoms with van der Waals surface area (Å²) in [6.45, 7) is 2.06. The summed E-state index contributed by atoms with van der Waals surface area (Å²) in [5.74, 6) is 1.37. The fraction of sp³-hybridized carbons (Fsp3) is 0.375. The van der Waals surface area contributed by atoms with E-state index in [0.717, 1.165) is 17.9 Å². The molecule has 1 N–H and O–H groups in total. The molecule has 73 valence electrons. The summed E-state index contributed by atoms with van der Waals surface area (Å²) >= 11 is 0. The maximum Gasteiger partial charge on any atom is 0.249 e. The maximum absolute atomic E-state index is 4.29. The highest BCUT2D eigenvalue weighted by Crippen LogP contribution is 2.09. The van der Waals surface area contributed by atoms with Crippen molar-refractivity contribution in [1.29, 1.82) is 0 Å². The van der Waals surface area contributed by atoms with Gasteiger partial charge < -0.3 is 5.32 Å². The molecule has 6 nitrogen and oxygen atoms in total. The Balaban J connectivity index is 2.12. The molecule has 1 aromatic rings. The van der Waals surface area contributed by atoms with E-state index in [1.54, 1.807) is 4.68 Å². The molecule has 0 atom stereocenters. The average Bonchev–Trinajstić information content (AvgIpc) is 2.78. The first-order chi connectivity index (χ1) is 6.79. The molecule has 2 heterocycles. The average molecular weight is 191 g/mol. The summed E-state index contributed by atoms with van der Waals surface area (Å²) in [6.07, 6.45) is 2.31. The number of hydrogen-bond acceptors (Lipinski definition) is 4. The highest BCUT2D eigenvalue weighted by Gasteiger charge is 2.08. The van der Waals surface area contributed by atoms with Gasteiger partial charge in [0.2, 0.25) is 5.96 Å². The zero-order valence-electron chi connectivity index (χ0n) is 8.10. The largest absolute Gasteiger partial charge is 0.308 e. The van der Waals surface area contributed by atoms with Crippen molar-refractivity contribution >= 4 is 18.1 Å². The Hall–Kier alpha value is -1.85. The van der Waals surface area contributed by atoms with Crippen molar-refractivity contribution in [1.82, 2.24) is 15.1 Å². The van der Waals surface area contributed by atoms with Crippen LogP contribution in [0.25, 0.3) is 0 Å². The van der Waals surface area contributed by atoms with E-state index in [4.69, 9.17) is 0 Å². The van der Waals surface area contributed by atoms with Crippen LogP contribution in [0.15, 0.2) is 16.3 Å². The van der Waals surface area contributed by atoms with Crippen molar-refractivity contribution in [2.75, 3.05) is 5.32 Å². The van der Waals surface area contributed by atoms with Gasteiger partial charge in [0, 0.05) is 13.1 Å². The van der Waals surface area contributed by atoms with Gasteiger partial charge in [0.05, 0.1) is 5.69 Å². The minimum atomic E-state index is 0.496. The topological polar surface area (TPSA) is 68.7 Å². The standard InChI is InChI=1S/C8H11N6/c1-3-6-4-7(14(2)13-6)11-8-9-5-10-12-8/h4-5H,3H2,1-2H3,(H,11,12). The summed E-state index contributed by atoms with van der Waals surface area (Å²) in [6, 6.07) is 1.97. The van der Waals surface area contributed by atoms with E-state index in [0.29, 0.717) is 5.96 Å². The SMILES string of the molecule is CCc1cc(NC2=NN=C[N]2)n(C)n1. The Labute approximate surface area is 81.7 Å². The number of anilines is 1. The van der Waals surface area contributed by atoms with Crippen LogP contribution in [0.3, 0.4) is 0 Å². The van der Waals surface area contributed by atoms with E-state index in [-0.39, 0.29) is 0 Å². The molecule has 1 radical (unpaired) electrons. The third-order valence-corrected chi connectivity index (χ3v) is 1.92. The van der Waals surface area contributed by atoms with Crippen LogP contribution in [0.4, 0.5) is 5.82 Å². The molecule has 1 aliphatic heterocycles. The van der Waals surface area contributed by atoms with Gasteiger partial charge in [0.25, 0.3) is 0 Å². The summed E-state index contributed by atoms with van der Waals surface area (Å²) in [5, 5.41) is 18.6. The number of aryl methyl sites for hydroxylation is 2. The van der Waals surface area contributed by atoms with Gasteiger partial charge in [-0.2, -0.15) is 10.4 Å². The summed E-state index contributed by atoms with van der Waals surface area (Å²) in [7, 11) is 1.87. The number of aromatic nitrogens is 2. The zero-order chi connectivity index (χ0) is 9.97. The van der Waals surface area contributed by atoms with Crippen molar-refractivity contribution in [3.8, 4) is 0 Å². The van der Waals surface area contributed by atoms with Gasteiger partial charge in [0.15, 0.2) is 0 Å². The minimum Gasteiger partial charge on any atom is -0.308 e. The number of hydrogen-bond donors (Lipinski definition) is 1. The van der Waals surface area contributed by atoms with Gasteiger partial charge >= 0.3 is 0 Å². The Morgan fingerprint density at radius 3 is 2.93 bits per heavy atom. The van der Waals surface area contributed by atoms with Crippen molar-refractivity contribution in [2.45, 2.75) is 13.3 Å². The van der Waals surface area contributed by atoms with Gasteiger partial charge in [-0.15, -0.1) is 10.2 Å². The minimum absolute atomic E-state index is 0.496. The number of rotatable bonds is 2. The van der Waals surface area contributed by atoms with E-state index in [9.17, 15) is 0 Å². The Bertz CT molecular complexity index is 389. The van der Waals surface area contributed by atoms with Crippen LogP contribution in [0.1, 0.15) is 12.6 Å². The second kappa shape index (κ2) is 3.49. The zero-order valence-corrected chi connectivity index (χ0v) is 8.10. The van der Waals surface area contributed by atoms with Crippen LogP contribution in [0, 0.1) is 0 Å². The van der Waals surface area contributed by atoms with Crippen molar-refractivity contribution in [3.05, 3.63) is 11.8 Å².